The van der Waals surface area contributed by atoms with E-state index < -0.39 is 0 Å². The minimum atomic E-state index is 0.00694. The van der Waals surface area contributed by atoms with Crippen LogP contribution in [-0.4, -0.2) is 19.9 Å². The predicted molar refractivity (Wildman–Crippen MR) is 58.4 cm³/mol. The number of aryl methyl sites for hydroxylation is 2. The van der Waals surface area contributed by atoms with E-state index in [-0.39, 0.29) is 13.1 Å². The Bertz CT molecular complexity index is 277. The van der Waals surface area contributed by atoms with Gasteiger partial charge in [0.05, 0.1) is 0 Å². The first-order valence-corrected chi connectivity index (χ1v) is 7.24. The van der Waals surface area contributed by atoms with Crippen LogP contribution in [-0.2, 0) is 13.1 Å². The Balaban J connectivity index is 0.000000210. The van der Waals surface area contributed by atoms with Crippen LogP contribution >= 0.6 is 20.2 Å². The fraction of sp³-hybridized carbons (Fsp3) is 0.250. The minimum absolute atomic E-state index is 0.00694. The van der Waals surface area contributed by atoms with Gasteiger partial charge in [-0.15, -0.1) is 0 Å². The normalized spacial score (nSPS) is 8.27. The Morgan fingerprint density at radius 3 is 1.40 bits per heavy atom. The molecule has 0 saturated heterocycles. The summed E-state index contributed by atoms with van der Waals surface area (Å²) < 4.78 is 0. The van der Waals surface area contributed by atoms with E-state index in [0.29, 0.717) is 0 Å². The molecule has 2 heterocycles. The Labute approximate surface area is 103 Å². The molecule has 7 heteroatoms. The van der Waals surface area contributed by atoms with Crippen LogP contribution in [0.2, 0.25) is 0 Å². The number of nitrogens with zero attached hydrogens (tertiary/aromatic N) is 2. The molecule has 0 fully saturated rings. The molecule has 0 bridgehead atoms. The molecule has 2 aromatic rings. The number of aromatic nitrogens is 4. The maximum absolute atomic E-state index is 4.80. The van der Waals surface area contributed by atoms with Crippen LogP contribution in [0.5, 0.6) is 0 Å². The van der Waals surface area contributed by atoms with Crippen molar-refractivity contribution >= 4 is 20.2 Å². The molecule has 0 aliphatic heterocycles. The quantitative estimate of drug-likeness (QED) is 0.733. The van der Waals surface area contributed by atoms with Gasteiger partial charge in [0.25, 0.3) is 0 Å². The average Bonchev–Trinajstić information content (AvgIpc) is 2.81. The van der Waals surface area contributed by atoms with Crippen LogP contribution < -0.4 is 0 Å². The molecular weight excluding hydrogens is 278 g/mol. The van der Waals surface area contributed by atoms with Gasteiger partial charge in [-0.25, -0.2) is 9.97 Å². The molecule has 0 saturated carbocycles. The van der Waals surface area contributed by atoms with Crippen LogP contribution in [0, 0.1) is 13.8 Å². The molecule has 0 unspecified atom stereocenters. The fourth-order valence-electron chi connectivity index (χ4n) is 0.688. The zero-order chi connectivity index (χ0) is 11.5. The van der Waals surface area contributed by atoms with E-state index in [1.807, 2.05) is 13.8 Å². The third-order valence-corrected chi connectivity index (χ3v) is 1.27. The zero-order valence-corrected chi connectivity index (χ0v) is 11.0. The van der Waals surface area contributed by atoms with Gasteiger partial charge < -0.3 is 9.97 Å². The summed E-state index contributed by atoms with van der Waals surface area (Å²) in [5.74, 6) is 1.94. The summed E-state index contributed by atoms with van der Waals surface area (Å²) in [7, 11) is 9.59. The van der Waals surface area contributed by atoms with Gasteiger partial charge in [0.2, 0.25) is 0 Å². The molecule has 0 atom stereocenters. The molecule has 15 heavy (non-hydrogen) atoms. The number of imidazole rings is 2. The van der Waals surface area contributed by atoms with Crippen molar-refractivity contribution in [2.24, 2.45) is 0 Å². The first kappa shape index (κ1) is 14.5. The van der Waals surface area contributed by atoms with Crippen molar-refractivity contribution in [2.75, 3.05) is 0 Å². The van der Waals surface area contributed by atoms with Crippen LogP contribution in [0.1, 0.15) is 11.6 Å². The van der Waals surface area contributed by atoms with Crippen LogP contribution in [0.25, 0.3) is 0 Å². The Morgan fingerprint density at radius 1 is 1.00 bits per heavy atom. The molecule has 0 radical (unpaired) electrons. The number of H-pyrrole nitrogens is 2. The fourth-order valence-corrected chi connectivity index (χ4v) is 0.688. The SMILES string of the molecule is Cc1ncc[nH]1.Cc1ncc[nH]1.[Cl][Mn][Cl]. The van der Waals surface area contributed by atoms with Crippen molar-refractivity contribution < 1.29 is 13.1 Å². The third kappa shape index (κ3) is 9.82. The third-order valence-electron chi connectivity index (χ3n) is 1.27. The van der Waals surface area contributed by atoms with Crippen LogP contribution in [0.4, 0.5) is 0 Å². The van der Waals surface area contributed by atoms with E-state index in [2.05, 4.69) is 19.9 Å². The van der Waals surface area contributed by atoms with E-state index in [0.717, 1.165) is 11.6 Å². The Kier molecular flexibility index (Phi) is 9.73. The van der Waals surface area contributed by atoms with E-state index in [4.69, 9.17) is 20.2 Å². The molecule has 0 aliphatic carbocycles. The maximum atomic E-state index is 4.80. The van der Waals surface area contributed by atoms with Gasteiger partial charge >= 0.3 is 33.3 Å². The molecule has 0 amide bonds. The second kappa shape index (κ2) is 10.1. The van der Waals surface area contributed by atoms with Gasteiger partial charge in [0.1, 0.15) is 11.6 Å². The summed E-state index contributed by atoms with van der Waals surface area (Å²) in [5.41, 5.74) is 0. The van der Waals surface area contributed by atoms with Crippen LogP contribution in [0.3, 0.4) is 0 Å². The summed E-state index contributed by atoms with van der Waals surface area (Å²) >= 11 is 0.00694. The van der Waals surface area contributed by atoms with E-state index in [1.165, 1.54) is 0 Å². The van der Waals surface area contributed by atoms with Crippen molar-refractivity contribution in [2.45, 2.75) is 13.8 Å². The predicted octanol–water partition coefficient (Wildman–Crippen LogP) is 2.81. The van der Waals surface area contributed by atoms with E-state index >= 15 is 0 Å². The molecule has 2 rings (SSSR count). The first-order valence-electron chi connectivity index (χ1n) is 3.99. The molecule has 0 spiro atoms. The van der Waals surface area contributed by atoms with Crippen molar-refractivity contribution in [3.8, 4) is 0 Å². The summed E-state index contributed by atoms with van der Waals surface area (Å²) in [6.07, 6.45) is 7.06. The van der Waals surface area contributed by atoms with Crippen molar-refractivity contribution in [1.82, 2.24) is 19.9 Å². The number of rotatable bonds is 0. The monoisotopic (exact) mass is 289 g/mol. The summed E-state index contributed by atoms with van der Waals surface area (Å²) in [6, 6.07) is 0. The molecule has 2 N–H and O–H groups in total. The average molecular weight is 290 g/mol. The molecule has 4 nitrogen and oxygen atoms in total. The molecular formula is C8H12Cl2MnN4. The van der Waals surface area contributed by atoms with Crippen LogP contribution in [0.15, 0.2) is 24.8 Å². The number of hydrogen-bond donors (Lipinski definition) is 2. The van der Waals surface area contributed by atoms with Gasteiger partial charge in [0, 0.05) is 24.8 Å². The van der Waals surface area contributed by atoms with Gasteiger partial charge in [-0.2, -0.15) is 0 Å². The summed E-state index contributed by atoms with van der Waals surface area (Å²) in [6.45, 7) is 3.83. The Morgan fingerprint density at radius 2 is 1.33 bits per heavy atom. The molecule has 0 aromatic carbocycles. The van der Waals surface area contributed by atoms with Gasteiger partial charge in [-0.05, 0) is 13.8 Å². The number of aromatic amines is 2. The number of halogens is 2. The Hall–Kier alpha value is -0.481. The molecule has 2 aromatic heterocycles. The molecule has 0 aliphatic rings. The van der Waals surface area contributed by atoms with Gasteiger partial charge in [0.15, 0.2) is 0 Å². The number of hydrogen-bond acceptors (Lipinski definition) is 2. The number of nitrogens with one attached hydrogen (secondary N) is 2. The summed E-state index contributed by atoms with van der Waals surface area (Å²) in [5, 5.41) is 0. The summed E-state index contributed by atoms with van der Waals surface area (Å²) in [4.78, 5) is 13.5. The van der Waals surface area contributed by atoms with E-state index in [9.17, 15) is 0 Å². The van der Waals surface area contributed by atoms with Crippen molar-refractivity contribution in [3.05, 3.63) is 36.4 Å². The second-order valence-corrected chi connectivity index (χ2v) is 4.35. The van der Waals surface area contributed by atoms with Gasteiger partial charge in [-0.3, -0.25) is 0 Å². The topological polar surface area (TPSA) is 57.4 Å². The standard InChI is InChI=1S/2C4H6N2.2ClH.Mn/c2*1-4-5-2-3-6-4;;;/h2*2-3H,1H3,(H,5,6);2*1H;/q;;;;+2/p-2. The van der Waals surface area contributed by atoms with E-state index in [1.54, 1.807) is 24.8 Å². The zero-order valence-electron chi connectivity index (χ0n) is 8.34. The second-order valence-electron chi connectivity index (χ2n) is 2.40. The first-order chi connectivity index (χ1) is 7.20. The van der Waals surface area contributed by atoms with Gasteiger partial charge in [-0.1, -0.05) is 0 Å². The molecule has 85 valence electrons. The van der Waals surface area contributed by atoms with Crippen molar-refractivity contribution in [1.29, 1.82) is 0 Å². The van der Waals surface area contributed by atoms with Crippen molar-refractivity contribution in [3.63, 3.8) is 0 Å².